The van der Waals surface area contributed by atoms with Gasteiger partial charge in [0.2, 0.25) is 0 Å². The van der Waals surface area contributed by atoms with Crippen LogP contribution in [-0.2, 0) is 12.8 Å². The molecule has 28 heavy (non-hydrogen) atoms. The van der Waals surface area contributed by atoms with Gasteiger partial charge < -0.3 is 5.11 Å². The summed E-state index contributed by atoms with van der Waals surface area (Å²) < 4.78 is 14.9. The number of aliphatic hydroxyl groups excluding tert-OH is 1. The summed E-state index contributed by atoms with van der Waals surface area (Å²) in [5.41, 5.74) is 6.01. The van der Waals surface area contributed by atoms with E-state index in [1.54, 1.807) is 0 Å². The van der Waals surface area contributed by atoms with E-state index in [2.05, 4.69) is 60.1 Å². The van der Waals surface area contributed by atoms with E-state index in [0.717, 1.165) is 30.5 Å². The van der Waals surface area contributed by atoms with Crippen LogP contribution in [0.4, 0.5) is 4.39 Å². The molecule has 0 bridgehead atoms. The van der Waals surface area contributed by atoms with Gasteiger partial charge in [-0.15, -0.1) is 0 Å². The van der Waals surface area contributed by atoms with Crippen molar-refractivity contribution in [1.29, 1.82) is 0 Å². The Morgan fingerprint density at radius 3 is 2.71 bits per heavy atom. The van der Waals surface area contributed by atoms with Crippen molar-refractivity contribution >= 4 is 5.57 Å². The minimum absolute atomic E-state index is 0.00817. The fourth-order valence-electron chi connectivity index (χ4n) is 4.70. The molecular weight excluding hydrogens is 351 g/mol. The molecule has 0 spiro atoms. The van der Waals surface area contributed by atoms with Crippen LogP contribution < -0.4 is 0 Å². The van der Waals surface area contributed by atoms with Gasteiger partial charge >= 0.3 is 0 Å². The third kappa shape index (κ3) is 3.40. The van der Waals surface area contributed by atoms with E-state index in [9.17, 15) is 9.50 Å². The highest BCUT2D eigenvalue weighted by molar-refractivity contribution is 5.78. The lowest BCUT2D eigenvalue weighted by atomic mass is 9.85. The maximum atomic E-state index is 14.9. The number of aryl methyl sites for hydroxylation is 1. The van der Waals surface area contributed by atoms with Gasteiger partial charge in [-0.25, -0.2) is 4.39 Å². The van der Waals surface area contributed by atoms with E-state index < -0.39 is 12.3 Å². The number of benzene rings is 1. The van der Waals surface area contributed by atoms with E-state index in [0.29, 0.717) is 0 Å². The predicted molar refractivity (Wildman–Crippen MR) is 111 cm³/mol. The highest BCUT2D eigenvalue weighted by Crippen LogP contribution is 2.48. The second-order valence-electron chi connectivity index (χ2n) is 8.47. The number of nitrogens with zero attached hydrogens (tertiary/aromatic N) is 2. The monoisotopic (exact) mass is 380 g/mol. The molecule has 3 unspecified atom stereocenters. The second kappa shape index (κ2) is 7.41. The summed E-state index contributed by atoms with van der Waals surface area (Å²) in [6.07, 6.45) is 4.66. The van der Waals surface area contributed by atoms with Gasteiger partial charge in [-0.1, -0.05) is 37.3 Å². The number of pyridine rings is 1. The van der Waals surface area contributed by atoms with Crippen LogP contribution in [0.5, 0.6) is 0 Å². The Balaban J connectivity index is 1.80. The molecule has 1 aliphatic heterocycles. The first-order valence-corrected chi connectivity index (χ1v) is 10.2. The molecule has 2 aromatic rings. The summed E-state index contributed by atoms with van der Waals surface area (Å²) in [5, 5.41) is 9.54. The van der Waals surface area contributed by atoms with Gasteiger partial charge in [0.15, 0.2) is 0 Å². The van der Waals surface area contributed by atoms with Crippen molar-refractivity contribution < 1.29 is 9.50 Å². The molecular formula is C24H29FN2O. The van der Waals surface area contributed by atoms with Crippen molar-refractivity contribution in [3.63, 3.8) is 0 Å². The molecule has 0 amide bonds. The highest BCUT2D eigenvalue weighted by Gasteiger charge is 2.41. The SMILES string of the molecule is CCc1ccc(C2C3=C(CC(C)N2CC(C)(F)CO)c2ccccc2C3)cn1. The number of rotatable bonds is 5. The maximum absolute atomic E-state index is 14.9. The zero-order chi connectivity index (χ0) is 19.9. The molecule has 4 rings (SSSR count). The summed E-state index contributed by atoms with van der Waals surface area (Å²) in [6.45, 7) is 5.49. The van der Waals surface area contributed by atoms with E-state index in [4.69, 9.17) is 0 Å². The number of aliphatic hydroxyl groups is 1. The Bertz CT molecular complexity index is 888. The summed E-state index contributed by atoms with van der Waals surface area (Å²) in [4.78, 5) is 6.85. The summed E-state index contributed by atoms with van der Waals surface area (Å²) in [5.74, 6) is 0. The summed E-state index contributed by atoms with van der Waals surface area (Å²) in [7, 11) is 0. The van der Waals surface area contributed by atoms with Crippen LogP contribution in [0.25, 0.3) is 5.57 Å². The molecule has 0 saturated carbocycles. The first-order valence-electron chi connectivity index (χ1n) is 10.2. The van der Waals surface area contributed by atoms with Gasteiger partial charge in [0.1, 0.15) is 5.67 Å². The predicted octanol–water partition coefficient (Wildman–Crippen LogP) is 4.51. The first-order chi connectivity index (χ1) is 13.4. The Labute approximate surface area is 166 Å². The maximum Gasteiger partial charge on any atom is 0.143 e. The molecule has 1 aliphatic carbocycles. The Morgan fingerprint density at radius 2 is 2.04 bits per heavy atom. The number of halogens is 1. The van der Waals surface area contributed by atoms with Crippen molar-refractivity contribution in [2.24, 2.45) is 0 Å². The topological polar surface area (TPSA) is 36.4 Å². The number of fused-ring (bicyclic) bond motifs is 2. The number of hydrogen-bond acceptors (Lipinski definition) is 3. The molecule has 1 aromatic carbocycles. The average Bonchev–Trinajstić information content (AvgIpc) is 3.06. The normalized spacial score (nSPS) is 24.0. The minimum atomic E-state index is -1.63. The lowest BCUT2D eigenvalue weighted by Crippen LogP contribution is -2.48. The number of hydrogen-bond donors (Lipinski definition) is 1. The zero-order valence-corrected chi connectivity index (χ0v) is 17.0. The fraction of sp³-hybridized carbons (Fsp3) is 0.458. The van der Waals surface area contributed by atoms with Gasteiger partial charge in [-0.3, -0.25) is 9.88 Å². The molecule has 0 saturated heterocycles. The van der Waals surface area contributed by atoms with Crippen LogP contribution >= 0.6 is 0 Å². The molecule has 4 heteroatoms. The average molecular weight is 381 g/mol. The van der Waals surface area contributed by atoms with Crippen LogP contribution in [0.3, 0.4) is 0 Å². The largest absolute Gasteiger partial charge is 0.393 e. The van der Waals surface area contributed by atoms with Crippen molar-refractivity contribution in [2.45, 2.75) is 57.8 Å². The third-order valence-corrected chi connectivity index (χ3v) is 6.21. The zero-order valence-electron chi connectivity index (χ0n) is 17.0. The van der Waals surface area contributed by atoms with Crippen molar-refractivity contribution in [2.75, 3.05) is 13.2 Å². The Hall–Kier alpha value is -2.04. The second-order valence-corrected chi connectivity index (χ2v) is 8.47. The van der Waals surface area contributed by atoms with Crippen LogP contribution in [-0.4, -0.2) is 39.9 Å². The van der Waals surface area contributed by atoms with Crippen molar-refractivity contribution in [1.82, 2.24) is 9.88 Å². The van der Waals surface area contributed by atoms with E-state index >= 15 is 0 Å². The lowest BCUT2D eigenvalue weighted by Gasteiger charge is -2.44. The number of alkyl halides is 1. The molecule has 1 aromatic heterocycles. The van der Waals surface area contributed by atoms with Crippen LogP contribution in [0.15, 0.2) is 48.2 Å². The van der Waals surface area contributed by atoms with Crippen LogP contribution in [0.2, 0.25) is 0 Å². The molecule has 0 radical (unpaired) electrons. The molecule has 3 atom stereocenters. The quantitative estimate of drug-likeness (QED) is 0.829. The standard InChI is InChI=1S/C24H29FN2O/c1-4-19-10-9-18(13-26-19)23-22-12-17-7-5-6-8-20(17)21(22)11-16(2)27(23)14-24(3,25)15-28/h5-10,13,16,23,28H,4,11-12,14-15H2,1-3H3. The summed E-state index contributed by atoms with van der Waals surface area (Å²) in [6, 6.07) is 13.0. The fourth-order valence-corrected chi connectivity index (χ4v) is 4.70. The van der Waals surface area contributed by atoms with Crippen molar-refractivity contribution in [3.8, 4) is 0 Å². The molecule has 3 nitrogen and oxygen atoms in total. The van der Waals surface area contributed by atoms with Gasteiger partial charge in [0.25, 0.3) is 0 Å². The molecule has 2 heterocycles. The first kappa shape index (κ1) is 19.3. The van der Waals surface area contributed by atoms with Gasteiger partial charge in [0, 0.05) is 24.5 Å². The molecule has 1 N–H and O–H groups in total. The van der Waals surface area contributed by atoms with E-state index in [1.807, 2.05) is 6.20 Å². The molecule has 148 valence electrons. The highest BCUT2D eigenvalue weighted by atomic mass is 19.1. The van der Waals surface area contributed by atoms with E-state index in [-0.39, 0.29) is 18.6 Å². The van der Waals surface area contributed by atoms with Crippen LogP contribution in [0, 0.1) is 0 Å². The summed E-state index contributed by atoms with van der Waals surface area (Å²) >= 11 is 0. The van der Waals surface area contributed by atoms with E-state index in [1.165, 1.54) is 29.2 Å². The minimum Gasteiger partial charge on any atom is -0.393 e. The Morgan fingerprint density at radius 1 is 1.25 bits per heavy atom. The van der Waals surface area contributed by atoms with Crippen molar-refractivity contribution in [3.05, 3.63) is 70.6 Å². The smallest absolute Gasteiger partial charge is 0.143 e. The Kier molecular flexibility index (Phi) is 5.11. The van der Waals surface area contributed by atoms with Gasteiger partial charge in [0.05, 0.1) is 12.6 Å². The molecule has 2 aliphatic rings. The van der Waals surface area contributed by atoms with Gasteiger partial charge in [-0.05, 0) is 67.0 Å². The van der Waals surface area contributed by atoms with Gasteiger partial charge in [-0.2, -0.15) is 0 Å². The molecule has 0 fully saturated rings. The number of aromatic nitrogens is 1. The van der Waals surface area contributed by atoms with Crippen LogP contribution in [0.1, 0.15) is 55.6 Å². The lowest BCUT2D eigenvalue weighted by molar-refractivity contribution is 0.0193. The third-order valence-electron chi connectivity index (χ3n) is 6.21.